The van der Waals surface area contributed by atoms with Crippen LogP contribution in [0, 0.1) is 11.7 Å². The Hall–Kier alpha value is -1.47. The number of nitrogens with zero attached hydrogens (tertiary/aromatic N) is 1. The number of halogens is 1. The van der Waals surface area contributed by atoms with Gasteiger partial charge in [0.25, 0.3) is 0 Å². The van der Waals surface area contributed by atoms with E-state index in [4.69, 9.17) is 5.11 Å². The Bertz CT molecular complexity index is 594. The van der Waals surface area contributed by atoms with Crippen molar-refractivity contribution in [3.8, 4) is 0 Å². The van der Waals surface area contributed by atoms with E-state index in [9.17, 15) is 17.6 Å². The third-order valence-corrected chi connectivity index (χ3v) is 5.37. The maximum absolute atomic E-state index is 13.1. The van der Waals surface area contributed by atoms with Gasteiger partial charge >= 0.3 is 5.97 Å². The van der Waals surface area contributed by atoms with Gasteiger partial charge in [-0.05, 0) is 37.0 Å². The number of sulfonamides is 1. The van der Waals surface area contributed by atoms with E-state index >= 15 is 0 Å². The molecular weight excluding hydrogens is 285 g/mol. The summed E-state index contributed by atoms with van der Waals surface area (Å²) in [5.41, 5.74) is 0. The van der Waals surface area contributed by atoms with E-state index < -0.39 is 21.8 Å². The van der Waals surface area contributed by atoms with Crippen molar-refractivity contribution in [2.75, 3.05) is 13.1 Å². The molecule has 7 heteroatoms. The molecule has 2 rings (SSSR count). The summed E-state index contributed by atoms with van der Waals surface area (Å²) in [5.74, 6) is -1.45. The molecule has 0 spiro atoms. The van der Waals surface area contributed by atoms with Crippen molar-refractivity contribution in [2.45, 2.75) is 24.2 Å². The minimum atomic E-state index is -3.69. The minimum absolute atomic E-state index is 0.00598. The molecule has 1 aromatic rings. The van der Waals surface area contributed by atoms with Crippen LogP contribution in [0.15, 0.2) is 29.2 Å². The van der Waals surface area contributed by atoms with Crippen molar-refractivity contribution in [1.29, 1.82) is 0 Å². The maximum Gasteiger partial charge on any atom is 0.303 e. The van der Waals surface area contributed by atoms with E-state index in [0.29, 0.717) is 12.8 Å². The maximum atomic E-state index is 13.1. The third kappa shape index (κ3) is 3.34. The molecule has 1 aromatic carbocycles. The van der Waals surface area contributed by atoms with Gasteiger partial charge in [-0.2, -0.15) is 4.31 Å². The summed E-state index contributed by atoms with van der Waals surface area (Å²) in [6, 6.07) is 4.91. The molecule has 0 aromatic heterocycles. The van der Waals surface area contributed by atoms with E-state index in [-0.39, 0.29) is 30.3 Å². The average molecular weight is 301 g/mol. The van der Waals surface area contributed by atoms with Crippen molar-refractivity contribution in [3.63, 3.8) is 0 Å². The van der Waals surface area contributed by atoms with E-state index in [2.05, 4.69) is 0 Å². The van der Waals surface area contributed by atoms with Gasteiger partial charge in [-0.15, -0.1) is 0 Å². The van der Waals surface area contributed by atoms with Crippen LogP contribution in [0.1, 0.15) is 19.3 Å². The number of carboxylic acid groups (broad SMARTS) is 1. The highest BCUT2D eigenvalue weighted by Crippen LogP contribution is 2.25. The lowest BCUT2D eigenvalue weighted by Gasteiger charge is -2.30. The first kappa shape index (κ1) is 14.9. The smallest absolute Gasteiger partial charge is 0.303 e. The SMILES string of the molecule is O=C(O)CC1CCN(S(=O)(=O)c2cccc(F)c2)CC1. The lowest BCUT2D eigenvalue weighted by Crippen LogP contribution is -2.38. The van der Waals surface area contributed by atoms with Crippen LogP contribution in [0.4, 0.5) is 4.39 Å². The van der Waals surface area contributed by atoms with Crippen molar-refractivity contribution < 1.29 is 22.7 Å². The van der Waals surface area contributed by atoms with Gasteiger partial charge in [0.05, 0.1) is 4.90 Å². The second-order valence-electron chi connectivity index (χ2n) is 4.90. The summed E-state index contributed by atoms with van der Waals surface area (Å²) in [6.45, 7) is 0.549. The number of carboxylic acids is 1. The highest BCUT2D eigenvalue weighted by atomic mass is 32.2. The third-order valence-electron chi connectivity index (χ3n) is 3.47. The lowest BCUT2D eigenvalue weighted by molar-refractivity contribution is -0.138. The fourth-order valence-corrected chi connectivity index (χ4v) is 3.88. The zero-order chi connectivity index (χ0) is 14.8. The number of carbonyl (C=O) groups is 1. The van der Waals surface area contributed by atoms with E-state index in [1.807, 2.05) is 0 Å². The molecule has 0 radical (unpaired) electrons. The summed E-state index contributed by atoms with van der Waals surface area (Å²) in [7, 11) is -3.69. The highest BCUT2D eigenvalue weighted by Gasteiger charge is 2.30. The van der Waals surface area contributed by atoms with Gasteiger partial charge in [0, 0.05) is 19.5 Å². The zero-order valence-electron chi connectivity index (χ0n) is 10.8. The Labute approximate surface area is 117 Å². The first-order chi connectivity index (χ1) is 9.39. The van der Waals surface area contributed by atoms with Gasteiger partial charge in [0.2, 0.25) is 10.0 Å². The second kappa shape index (κ2) is 5.88. The van der Waals surface area contributed by atoms with Gasteiger partial charge in [-0.1, -0.05) is 6.07 Å². The van der Waals surface area contributed by atoms with Crippen molar-refractivity contribution >= 4 is 16.0 Å². The Morgan fingerprint density at radius 3 is 2.55 bits per heavy atom. The molecule has 1 heterocycles. The predicted molar refractivity (Wildman–Crippen MR) is 70.1 cm³/mol. The van der Waals surface area contributed by atoms with Crippen LogP contribution >= 0.6 is 0 Å². The molecule has 5 nitrogen and oxygen atoms in total. The molecule has 1 aliphatic heterocycles. The molecule has 110 valence electrons. The topological polar surface area (TPSA) is 74.7 Å². The molecule has 0 bridgehead atoms. The predicted octanol–water partition coefficient (Wildman–Crippen LogP) is 1.70. The van der Waals surface area contributed by atoms with Crippen LogP contribution in [0.25, 0.3) is 0 Å². The number of piperidine rings is 1. The number of aliphatic carboxylic acids is 1. The van der Waals surface area contributed by atoms with Crippen LogP contribution < -0.4 is 0 Å². The fourth-order valence-electron chi connectivity index (χ4n) is 2.38. The number of hydrogen-bond donors (Lipinski definition) is 1. The average Bonchev–Trinajstić information content (AvgIpc) is 2.38. The Morgan fingerprint density at radius 2 is 2.00 bits per heavy atom. The standard InChI is InChI=1S/C13H16FNO4S/c14-11-2-1-3-12(9-11)20(18,19)15-6-4-10(5-7-15)8-13(16)17/h1-3,9-10H,4-8H2,(H,16,17). The molecule has 1 saturated heterocycles. The molecule has 1 fully saturated rings. The Kier molecular flexibility index (Phi) is 4.39. The van der Waals surface area contributed by atoms with E-state index in [1.54, 1.807) is 0 Å². The van der Waals surface area contributed by atoms with Crippen molar-refractivity contribution in [2.24, 2.45) is 5.92 Å². The van der Waals surface area contributed by atoms with Gasteiger partial charge in [-0.3, -0.25) is 4.79 Å². The monoisotopic (exact) mass is 301 g/mol. The van der Waals surface area contributed by atoms with Crippen LogP contribution in [0.5, 0.6) is 0 Å². The lowest BCUT2D eigenvalue weighted by atomic mass is 9.95. The molecule has 0 aliphatic carbocycles. The van der Waals surface area contributed by atoms with Gasteiger partial charge in [-0.25, -0.2) is 12.8 Å². The van der Waals surface area contributed by atoms with Crippen molar-refractivity contribution in [1.82, 2.24) is 4.31 Å². The highest BCUT2D eigenvalue weighted by molar-refractivity contribution is 7.89. The molecule has 0 amide bonds. The first-order valence-electron chi connectivity index (χ1n) is 6.37. The zero-order valence-corrected chi connectivity index (χ0v) is 11.6. The first-order valence-corrected chi connectivity index (χ1v) is 7.81. The molecule has 20 heavy (non-hydrogen) atoms. The van der Waals surface area contributed by atoms with Crippen molar-refractivity contribution in [3.05, 3.63) is 30.1 Å². The molecule has 0 saturated carbocycles. The Balaban J connectivity index is 2.08. The normalized spacial score (nSPS) is 18.1. The number of rotatable bonds is 4. The Morgan fingerprint density at radius 1 is 1.35 bits per heavy atom. The quantitative estimate of drug-likeness (QED) is 0.918. The van der Waals surface area contributed by atoms with Gasteiger partial charge in [0.1, 0.15) is 5.82 Å². The molecule has 1 N–H and O–H groups in total. The van der Waals surface area contributed by atoms with Gasteiger partial charge < -0.3 is 5.11 Å². The number of benzene rings is 1. The van der Waals surface area contributed by atoms with Crippen LogP contribution in [-0.2, 0) is 14.8 Å². The van der Waals surface area contributed by atoms with Crippen LogP contribution in [0.2, 0.25) is 0 Å². The molecular formula is C13H16FNO4S. The summed E-state index contributed by atoms with van der Waals surface area (Å²) in [4.78, 5) is 10.6. The fraction of sp³-hybridized carbons (Fsp3) is 0.462. The number of hydrogen-bond acceptors (Lipinski definition) is 3. The molecule has 1 aliphatic rings. The van der Waals surface area contributed by atoms with Gasteiger partial charge in [0.15, 0.2) is 0 Å². The molecule has 0 atom stereocenters. The summed E-state index contributed by atoms with van der Waals surface area (Å²) in [5, 5.41) is 8.73. The van der Waals surface area contributed by atoms with Crippen LogP contribution in [0.3, 0.4) is 0 Å². The minimum Gasteiger partial charge on any atom is -0.481 e. The van der Waals surface area contributed by atoms with E-state index in [1.165, 1.54) is 22.5 Å². The second-order valence-corrected chi connectivity index (χ2v) is 6.84. The largest absolute Gasteiger partial charge is 0.481 e. The van der Waals surface area contributed by atoms with E-state index in [0.717, 1.165) is 6.07 Å². The van der Waals surface area contributed by atoms with Crippen LogP contribution in [-0.4, -0.2) is 36.9 Å². The molecule has 0 unspecified atom stereocenters. The summed E-state index contributed by atoms with van der Waals surface area (Å²) < 4.78 is 39.0. The summed E-state index contributed by atoms with van der Waals surface area (Å²) >= 11 is 0. The summed E-state index contributed by atoms with van der Waals surface area (Å²) in [6.07, 6.45) is 1.09.